The van der Waals surface area contributed by atoms with Gasteiger partial charge in [-0.15, -0.1) is 11.8 Å². The van der Waals surface area contributed by atoms with Gasteiger partial charge in [-0.2, -0.15) is 0 Å². The van der Waals surface area contributed by atoms with Crippen molar-refractivity contribution in [3.63, 3.8) is 0 Å². The maximum Gasteiger partial charge on any atom is 0.257 e. The van der Waals surface area contributed by atoms with Gasteiger partial charge in [-0.05, 0) is 63.2 Å². The molecule has 0 saturated heterocycles. The molecule has 1 heterocycles. The second-order valence-corrected chi connectivity index (χ2v) is 8.32. The second-order valence-electron chi connectivity index (χ2n) is 7.47. The van der Waals surface area contributed by atoms with Crippen LogP contribution in [0.5, 0.6) is 0 Å². The summed E-state index contributed by atoms with van der Waals surface area (Å²) in [4.78, 5) is 20.6. The Morgan fingerprint density at radius 1 is 1.16 bits per heavy atom. The van der Waals surface area contributed by atoms with E-state index in [0.29, 0.717) is 16.9 Å². The molecule has 1 aromatic heterocycles. The number of fused-ring (bicyclic) bond motifs is 1. The summed E-state index contributed by atoms with van der Waals surface area (Å²) in [7, 11) is 4.09. The average Bonchev–Trinajstić information content (AvgIpc) is 2.76. The number of pyridine rings is 1. The largest absolute Gasteiger partial charge is 0.397 e. The van der Waals surface area contributed by atoms with E-state index in [0.717, 1.165) is 40.1 Å². The quantitative estimate of drug-likeness (QED) is 0.442. The van der Waals surface area contributed by atoms with Gasteiger partial charge in [-0.25, -0.2) is 0 Å². The number of carbonyl (C=O) groups excluding carboxylic acids is 1. The highest BCUT2D eigenvalue weighted by molar-refractivity contribution is 8.07. The first-order valence-electron chi connectivity index (χ1n) is 10.1. The first-order chi connectivity index (χ1) is 14.9. The van der Waals surface area contributed by atoms with Crippen LogP contribution in [0.1, 0.15) is 22.8 Å². The Balaban J connectivity index is 1.77. The zero-order chi connectivity index (χ0) is 22.4. The topological polar surface area (TPSA) is 83.3 Å². The number of carbonyl (C=O) groups is 1. The summed E-state index contributed by atoms with van der Waals surface area (Å²) in [6.45, 7) is 3.79. The number of nitrogens with zero attached hydrogens (tertiary/aromatic N) is 2. The van der Waals surface area contributed by atoms with E-state index < -0.39 is 0 Å². The van der Waals surface area contributed by atoms with Gasteiger partial charge in [0.15, 0.2) is 0 Å². The fraction of sp³-hybridized carbons (Fsp3) is 0.250. The number of likely N-dealkylation sites (N-methyl/N-ethyl adjacent to an activating group) is 1. The van der Waals surface area contributed by atoms with Crippen LogP contribution >= 0.6 is 11.8 Å². The van der Waals surface area contributed by atoms with Crippen LogP contribution in [0.3, 0.4) is 0 Å². The van der Waals surface area contributed by atoms with Crippen molar-refractivity contribution in [2.45, 2.75) is 6.92 Å². The monoisotopic (exact) mass is 435 g/mol. The lowest BCUT2D eigenvalue weighted by atomic mass is 10.1. The maximum atomic E-state index is 12.9. The molecule has 0 atom stereocenters. The van der Waals surface area contributed by atoms with Gasteiger partial charge in [0, 0.05) is 35.3 Å². The van der Waals surface area contributed by atoms with Crippen LogP contribution in [0.2, 0.25) is 0 Å². The van der Waals surface area contributed by atoms with Crippen LogP contribution in [-0.2, 0) is 0 Å². The summed E-state index contributed by atoms with van der Waals surface area (Å²) in [6.07, 6.45) is 5.66. The molecular weight excluding hydrogens is 406 g/mol. The number of rotatable bonds is 8. The number of benzene rings is 2. The third-order valence-electron chi connectivity index (χ3n) is 4.90. The molecule has 0 aliphatic rings. The van der Waals surface area contributed by atoms with E-state index in [-0.39, 0.29) is 5.91 Å². The lowest BCUT2D eigenvalue weighted by Crippen LogP contribution is -2.20. The highest BCUT2D eigenvalue weighted by Crippen LogP contribution is 2.30. The molecule has 1 amide bonds. The third-order valence-corrected chi connectivity index (χ3v) is 5.81. The van der Waals surface area contributed by atoms with Crippen molar-refractivity contribution in [2.24, 2.45) is 0 Å². The van der Waals surface area contributed by atoms with E-state index in [1.54, 1.807) is 18.0 Å². The molecule has 0 aliphatic heterocycles. The molecular formula is C24H29N5OS. The highest BCUT2D eigenvalue weighted by Gasteiger charge is 2.12. The number of nitrogens with one attached hydrogen (secondary N) is 2. The second kappa shape index (κ2) is 10.3. The van der Waals surface area contributed by atoms with E-state index >= 15 is 0 Å². The molecule has 162 valence electrons. The SMILES string of the molecule is C/C=C(\SC)c1ccc(N)c(NC(=O)c2cnc3cc(NCCN(C)C)ccc3c2)c1. The van der Waals surface area contributed by atoms with Crippen molar-refractivity contribution in [3.05, 3.63) is 65.9 Å². The summed E-state index contributed by atoms with van der Waals surface area (Å²) in [6, 6.07) is 13.5. The van der Waals surface area contributed by atoms with Crippen molar-refractivity contribution in [1.29, 1.82) is 0 Å². The Morgan fingerprint density at radius 2 is 1.97 bits per heavy atom. The Bertz CT molecular complexity index is 1110. The smallest absolute Gasteiger partial charge is 0.257 e. The molecule has 31 heavy (non-hydrogen) atoms. The van der Waals surface area contributed by atoms with E-state index in [1.165, 1.54) is 0 Å². The minimum Gasteiger partial charge on any atom is -0.397 e. The van der Waals surface area contributed by atoms with Crippen LogP contribution < -0.4 is 16.4 Å². The molecule has 0 aliphatic carbocycles. The van der Waals surface area contributed by atoms with Gasteiger partial charge in [0.25, 0.3) is 5.91 Å². The van der Waals surface area contributed by atoms with E-state index in [9.17, 15) is 4.79 Å². The van der Waals surface area contributed by atoms with E-state index in [4.69, 9.17) is 5.73 Å². The van der Waals surface area contributed by atoms with Crippen molar-refractivity contribution in [2.75, 3.05) is 49.8 Å². The Kier molecular flexibility index (Phi) is 7.55. The van der Waals surface area contributed by atoms with Crippen molar-refractivity contribution in [3.8, 4) is 0 Å². The molecule has 0 saturated carbocycles. The summed E-state index contributed by atoms with van der Waals surface area (Å²) in [5, 5.41) is 7.22. The number of hydrogen-bond donors (Lipinski definition) is 3. The zero-order valence-corrected chi connectivity index (χ0v) is 19.2. The lowest BCUT2D eigenvalue weighted by Gasteiger charge is -2.13. The number of thioether (sulfide) groups is 1. The fourth-order valence-electron chi connectivity index (χ4n) is 3.19. The Hall–Kier alpha value is -3.03. The van der Waals surface area contributed by atoms with Crippen molar-refractivity contribution < 1.29 is 4.79 Å². The number of aromatic nitrogens is 1. The minimum atomic E-state index is -0.238. The number of allylic oxidation sites excluding steroid dienone is 1. The number of anilines is 3. The standard InChI is InChI=1S/C24H29N5OS/c1-5-23(31-4)17-7-9-20(25)22(13-17)28-24(30)18-12-16-6-8-19(14-21(16)27-15-18)26-10-11-29(2)3/h5-9,12-15,26H,10-11,25H2,1-4H3,(H,28,30)/b23-5-. The molecule has 0 fully saturated rings. The molecule has 3 aromatic rings. The van der Waals surface area contributed by atoms with Gasteiger partial charge in [0.1, 0.15) is 0 Å². The molecule has 0 bridgehead atoms. The number of hydrogen-bond acceptors (Lipinski definition) is 6. The van der Waals surface area contributed by atoms with Gasteiger partial charge in [-0.1, -0.05) is 18.2 Å². The summed E-state index contributed by atoms with van der Waals surface area (Å²) < 4.78 is 0. The number of nitrogen functional groups attached to an aromatic ring is 1. The zero-order valence-electron chi connectivity index (χ0n) is 18.4. The van der Waals surface area contributed by atoms with Crippen LogP contribution in [0.25, 0.3) is 15.8 Å². The molecule has 4 N–H and O–H groups in total. The highest BCUT2D eigenvalue weighted by atomic mass is 32.2. The first-order valence-corrected chi connectivity index (χ1v) is 11.3. The minimum absolute atomic E-state index is 0.238. The van der Waals surface area contributed by atoms with Gasteiger partial charge in [0.05, 0.1) is 22.5 Å². The fourth-order valence-corrected chi connectivity index (χ4v) is 3.79. The van der Waals surface area contributed by atoms with Crippen molar-refractivity contribution in [1.82, 2.24) is 9.88 Å². The third kappa shape index (κ3) is 5.77. The molecule has 6 nitrogen and oxygen atoms in total. The van der Waals surface area contributed by atoms with Crippen LogP contribution in [0.15, 0.2) is 54.7 Å². The normalized spacial score (nSPS) is 11.7. The van der Waals surface area contributed by atoms with Crippen LogP contribution in [-0.4, -0.2) is 49.2 Å². The summed E-state index contributed by atoms with van der Waals surface area (Å²) in [5.41, 5.74) is 10.6. The lowest BCUT2D eigenvalue weighted by molar-refractivity contribution is 0.102. The van der Waals surface area contributed by atoms with E-state index in [1.807, 2.05) is 75.8 Å². The van der Waals surface area contributed by atoms with E-state index in [2.05, 4.69) is 20.5 Å². The predicted molar refractivity (Wildman–Crippen MR) is 135 cm³/mol. The molecule has 7 heteroatoms. The average molecular weight is 436 g/mol. The molecule has 0 radical (unpaired) electrons. The van der Waals surface area contributed by atoms with Crippen molar-refractivity contribution >= 4 is 50.5 Å². The summed E-state index contributed by atoms with van der Waals surface area (Å²) >= 11 is 1.65. The predicted octanol–water partition coefficient (Wildman–Crippen LogP) is 4.77. The maximum absolute atomic E-state index is 12.9. The number of nitrogens with two attached hydrogens (primary N) is 1. The first kappa shape index (κ1) is 22.7. The Morgan fingerprint density at radius 3 is 2.68 bits per heavy atom. The van der Waals surface area contributed by atoms with Crippen LogP contribution in [0.4, 0.5) is 17.1 Å². The van der Waals surface area contributed by atoms with Gasteiger partial charge >= 0.3 is 0 Å². The number of amides is 1. The molecule has 3 rings (SSSR count). The molecule has 0 spiro atoms. The Labute approximate surface area is 187 Å². The van der Waals surface area contributed by atoms with Gasteiger partial charge in [0.2, 0.25) is 0 Å². The van der Waals surface area contributed by atoms with Gasteiger partial charge < -0.3 is 21.3 Å². The summed E-state index contributed by atoms with van der Waals surface area (Å²) in [5.74, 6) is -0.238. The molecule has 0 unspecified atom stereocenters. The van der Waals surface area contributed by atoms with Gasteiger partial charge in [-0.3, -0.25) is 9.78 Å². The molecule has 2 aromatic carbocycles. The van der Waals surface area contributed by atoms with Crippen LogP contribution in [0, 0.1) is 0 Å².